The fourth-order valence-corrected chi connectivity index (χ4v) is 4.37. The Labute approximate surface area is 173 Å². The third-order valence-electron chi connectivity index (χ3n) is 5.14. The molecule has 1 atom stereocenters. The number of allylic oxidation sites excluding steroid dienone is 1. The number of anilines is 2. The highest BCUT2D eigenvalue weighted by atomic mass is 32.1. The molecule has 2 aromatic heterocycles. The van der Waals surface area contributed by atoms with Crippen molar-refractivity contribution >= 4 is 44.0 Å². The van der Waals surface area contributed by atoms with Crippen LogP contribution >= 0.6 is 11.3 Å². The Morgan fingerprint density at radius 3 is 2.83 bits per heavy atom. The maximum atomic E-state index is 12.6. The molecule has 8 heteroatoms. The third-order valence-corrected chi connectivity index (χ3v) is 6.07. The van der Waals surface area contributed by atoms with Gasteiger partial charge in [0.15, 0.2) is 10.9 Å². The van der Waals surface area contributed by atoms with E-state index in [-0.39, 0.29) is 17.9 Å². The number of hydrogen-bond donors (Lipinski definition) is 2. The number of amides is 1. The predicted molar refractivity (Wildman–Crippen MR) is 117 cm³/mol. The van der Waals surface area contributed by atoms with Crippen molar-refractivity contribution in [2.75, 3.05) is 17.3 Å². The van der Waals surface area contributed by atoms with Crippen LogP contribution < -0.4 is 10.2 Å². The molecule has 7 nitrogen and oxygen atoms in total. The molecular formula is C21H25N5O2S. The number of fused-ring (bicyclic) bond motifs is 2. The van der Waals surface area contributed by atoms with Crippen LogP contribution in [0.4, 0.5) is 10.9 Å². The van der Waals surface area contributed by atoms with E-state index in [1.807, 2.05) is 13.0 Å². The Bertz CT molecular complexity index is 1120. The summed E-state index contributed by atoms with van der Waals surface area (Å²) in [7, 11) is 1.77. The molecule has 0 radical (unpaired) electrons. The molecule has 1 amide bonds. The Morgan fingerprint density at radius 1 is 1.34 bits per heavy atom. The number of imidazole rings is 1. The highest BCUT2D eigenvalue weighted by Crippen LogP contribution is 2.32. The van der Waals surface area contributed by atoms with Crippen LogP contribution in [0.3, 0.4) is 0 Å². The molecule has 3 heterocycles. The molecule has 152 valence electrons. The number of carbonyl (C=O) groups excluding carboxylic acids is 1. The van der Waals surface area contributed by atoms with E-state index < -0.39 is 6.23 Å². The molecule has 0 saturated heterocycles. The van der Waals surface area contributed by atoms with Gasteiger partial charge >= 0.3 is 0 Å². The lowest BCUT2D eigenvalue weighted by molar-refractivity contribution is -0.116. The number of benzene rings is 1. The van der Waals surface area contributed by atoms with E-state index in [1.54, 1.807) is 28.9 Å². The van der Waals surface area contributed by atoms with Crippen molar-refractivity contribution in [2.24, 2.45) is 0 Å². The van der Waals surface area contributed by atoms with Crippen molar-refractivity contribution in [1.82, 2.24) is 14.5 Å². The molecule has 3 aromatic rings. The van der Waals surface area contributed by atoms with Crippen LogP contribution in [0.2, 0.25) is 0 Å². The molecule has 2 N–H and O–H groups in total. The summed E-state index contributed by atoms with van der Waals surface area (Å²) in [6, 6.07) is 6.24. The van der Waals surface area contributed by atoms with Crippen molar-refractivity contribution in [2.45, 2.75) is 45.9 Å². The number of nitrogens with zero attached hydrogens (tertiary/aromatic N) is 4. The van der Waals surface area contributed by atoms with Gasteiger partial charge in [-0.25, -0.2) is 9.97 Å². The molecule has 1 unspecified atom stereocenters. The van der Waals surface area contributed by atoms with Crippen molar-refractivity contribution in [3.05, 3.63) is 41.9 Å². The first-order chi connectivity index (χ1) is 13.6. The lowest BCUT2D eigenvalue weighted by Crippen LogP contribution is -2.33. The van der Waals surface area contributed by atoms with Gasteiger partial charge in [-0.1, -0.05) is 38.2 Å². The van der Waals surface area contributed by atoms with E-state index in [2.05, 4.69) is 48.2 Å². The predicted octanol–water partition coefficient (Wildman–Crippen LogP) is 3.60. The number of rotatable bonds is 3. The van der Waals surface area contributed by atoms with Crippen molar-refractivity contribution in [1.29, 1.82) is 0 Å². The fourth-order valence-electron chi connectivity index (χ4n) is 3.45. The van der Waals surface area contributed by atoms with E-state index in [9.17, 15) is 9.90 Å². The average Bonchev–Trinajstić information content (AvgIpc) is 3.22. The quantitative estimate of drug-likeness (QED) is 0.688. The maximum absolute atomic E-state index is 12.6. The van der Waals surface area contributed by atoms with Gasteiger partial charge in [0.1, 0.15) is 12.8 Å². The average molecular weight is 412 g/mol. The summed E-state index contributed by atoms with van der Waals surface area (Å²) >= 11 is 1.48. The van der Waals surface area contributed by atoms with Crippen LogP contribution in [0.5, 0.6) is 0 Å². The third kappa shape index (κ3) is 3.65. The van der Waals surface area contributed by atoms with Crippen molar-refractivity contribution in [3.8, 4) is 0 Å². The zero-order valence-corrected chi connectivity index (χ0v) is 18.0. The van der Waals surface area contributed by atoms with Crippen LogP contribution in [0, 0.1) is 0 Å². The monoisotopic (exact) mass is 411 g/mol. The van der Waals surface area contributed by atoms with E-state index in [0.29, 0.717) is 10.9 Å². The molecule has 1 aliphatic heterocycles. The van der Waals surface area contributed by atoms with Gasteiger partial charge in [-0.05, 0) is 41.7 Å². The minimum atomic E-state index is -0.708. The van der Waals surface area contributed by atoms with Gasteiger partial charge in [-0.15, -0.1) is 0 Å². The van der Waals surface area contributed by atoms with Crippen LogP contribution in [0.15, 0.2) is 30.6 Å². The topological polar surface area (TPSA) is 83.3 Å². The summed E-state index contributed by atoms with van der Waals surface area (Å²) in [6.07, 6.45) is 2.67. The van der Waals surface area contributed by atoms with Gasteiger partial charge in [-0.3, -0.25) is 4.79 Å². The second-order valence-electron chi connectivity index (χ2n) is 8.42. The van der Waals surface area contributed by atoms with Gasteiger partial charge in [0.25, 0.3) is 0 Å². The van der Waals surface area contributed by atoms with Crippen LogP contribution in [0.25, 0.3) is 15.8 Å². The normalized spacial score (nSPS) is 16.7. The number of thiazole rings is 1. The lowest BCUT2D eigenvalue weighted by atomic mass is 9.87. The molecule has 0 spiro atoms. The number of aliphatic hydroxyl groups excluding tert-OH is 1. The summed E-state index contributed by atoms with van der Waals surface area (Å²) in [6.45, 7) is 8.57. The van der Waals surface area contributed by atoms with E-state index in [4.69, 9.17) is 0 Å². The molecular weight excluding hydrogens is 386 g/mol. The lowest BCUT2D eigenvalue weighted by Gasteiger charge is -2.27. The zero-order valence-electron chi connectivity index (χ0n) is 17.2. The summed E-state index contributed by atoms with van der Waals surface area (Å²) in [4.78, 5) is 23.2. The largest absolute Gasteiger partial charge is 0.370 e. The first kappa shape index (κ1) is 19.6. The van der Waals surface area contributed by atoms with Gasteiger partial charge in [0.2, 0.25) is 5.91 Å². The van der Waals surface area contributed by atoms with Crippen molar-refractivity contribution in [3.63, 3.8) is 0 Å². The zero-order chi connectivity index (χ0) is 20.9. The fraction of sp³-hybridized carbons (Fsp3) is 0.381. The summed E-state index contributed by atoms with van der Waals surface area (Å²) in [5, 5.41) is 13.5. The van der Waals surface area contributed by atoms with E-state index >= 15 is 0 Å². The van der Waals surface area contributed by atoms with Gasteiger partial charge in [0, 0.05) is 7.05 Å². The molecule has 0 bridgehead atoms. The van der Waals surface area contributed by atoms with Crippen LogP contribution in [0.1, 0.15) is 39.0 Å². The van der Waals surface area contributed by atoms with Gasteiger partial charge in [-0.2, -0.15) is 0 Å². The number of likely N-dealkylation sites (N-methyl/N-ethyl adjacent to an activating group) is 1. The summed E-state index contributed by atoms with van der Waals surface area (Å²) < 4.78 is 2.85. The standard InChI is InChI=1S/C21H25N5O2S/c1-12-8-17(28)25(5)19-18(12)26(11-22-19)10-16(27)24-20-23-14-7-6-13(21(2,3)4)9-15(14)29-20/h6-9,11,17,28H,10H2,1-5H3,(H,23,24,27). The number of carbonyl (C=O) groups is 1. The van der Waals surface area contributed by atoms with E-state index in [0.717, 1.165) is 21.5 Å². The first-order valence-corrected chi connectivity index (χ1v) is 10.3. The SMILES string of the molecule is CC1=CC(O)N(C)c2ncn(CC(=O)Nc3nc4ccc(C(C)(C)C)cc4s3)c21. The number of nitrogens with one attached hydrogen (secondary N) is 1. The highest BCUT2D eigenvalue weighted by Gasteiger charge is 2.25. The number of aromatic nitrogens is 3. The second kappa shape index (κ2) is 6.96. The Kier molecular flexibility index (Phi) is 4.71. The van der Waals surface area contributed by atoms with E-state index in [1.165, 1.54) is 16.9 Å². The minimum Gasteiger partial charge on any atom is -0.370 e. The molecule has 29 heavy (non-hydrogen) atoms. The second-order valence-corrected chi connectivity index (χ2v) is 9.45. The Hall–Kier alpha value is -2.71. The number of hydrogen-bond acceptors (Lipinski definition) is 6. The minimum absolute atomic E-state index is 0.0637. The molecule has 0 aliphatic carbocycles. The smallest absolute Gasteiger partial charge is 0.246 e. The molecule has 0 fully saturated rings. The Morgan fingerprint density at radius 2 is 2.10 bits per heavy atom. The summed E-state index contributed by atoms with van der Waals surface area (Å²) in [5.74, 6) is 0.502. The van der Waals surface area contributed by atoms with Crippen molar-refractivity contribution < 1.29 is 9.90 Å². The highest BCUT2D eigenvalue weighted by molar-refractivity contribution is 7.22. The number of aliphatic hydroxyl groups is 1. The molecule has 0 saturated carbocycles. The van der Waals surface area contributed by atoms with Crippen LogP contribution in [-0.4, -0.2) is 38.8 Å². The Balaban J connectivity index is 1.53. The van der Waals surface area contributed by atoms with Gasteiger partial charge < -0.3 is 19.9 Å². The van der Waals surface area contributed by atoms with Crippen LogP contribution in [-0.2, 0) is 16.8 Å². The molecule has 4 rings (SSSR count). The first-order valence-electron chi connectivity index (χ1n) is 9.49. The molecule has 1 aromatic carbocycles. The summed E-state index contributed by atoms with van der Waals surface area (Å²) in [5.41, 5.74) is 3.92. The maximum Gasteiger partial charge on any atom is 0.246 e. The van der Waals surface area contributed by atoms with Gasteiger partial charge in [0.05, 0.1) is 22.2 Å². The molecule has 1 aliphatic rings.